The summed E-state index contributed by atoms with van der Waals surface area (Å²) < 4.78 is 14.6. The first-order chi connectivity index (χ1) is 7.59. The van der Waals surface area contributed by atoms with Gasteiger partial charge in [-0.25, -0.2) is 9.07 Å². The van der Waals surface area contributed by atoms with Crippen molar-refractivity contribution in [1.82, 2.24) is 9.78 Å². The van der Waals surface area contributed by atoms with E-state index in [1.165, 1.54) is 19.2 Å². The zero-order valence-electron chi connectivity index (χ0n) is 8.64. The minimum atomic E-state index is -0.395. The standard InChI is InChI=1S/C11H10FN3O/c1-15-11(16)9(13)6-10(14-15)7-4-2-3-5-8(7)12/h2-6H,13H2,1H3. The van der Waals surface area contributed by atoms with Crippen LogP contribution in [0.4, 0.5) is 10.1 Å². The Morgan fingerprint density at radius 3 is 2.69 bits per heavy atom. The lowest BCUT2D eigenvalue weighted by atomic mass is 10.1. The van der Waals surface area contributed by atoms with Crippen LogP contribution in [0.25, 0.3) is 11.3 Å². The number of nitrogens with two attached hydrogens (primary N) is 1. The Hall–Kier alpha value is -2.17. The molecule has 0 saturated carbocycles. The van der Waals surface area contributed by atoms with Gasteiger partial charge in [-0.05, 0) is 18.2 Å². The number of anilines is 1. The summed E-state index contributed by atoms with van der Waals surface area (Å²) in [5.74, 6) is -0.395. The van der Waals surface area contributed by atoms with Gasteiger partial charge in [0, 0.05) is 12.6 Å². The maximum Gasteiger partial charge on any atom is 0.289 e. The third kappa shape index (κ3) is 1.67. The van der Waals surface area contributed by atoms with Crippen molar-refractivity contribution in [2.75, 3.05) is 5.73 Å². The molecule has 0 unspecified atom stereocenters. The third-order valence-corrected chi connectivity index (χ3v) is 2.24. The normalized spacial score (nSPS) is 10.4. The number of nitrogen functional groups attached to an aromatic ring is 1. The van der Waals surface area contributed by atoms with Crippen molar-refractivity contribution in [1.29, 1.82) is 0 Å². The number of hydrogen-bond donors (Lipinski definition) is 1. The number of aromatic nitrogens is 2. The topological polar surface area (TPSA) is 60.9 Å². The van der Waals surface area contributed by atoms with Crippen molar-refractivity contribution in [3.8, 4) is 11.3 Å². The highest BCUT2D eigenvalue weighted by Crippen LogP contribution is 2.20. The molecule has 0 spiro atoms. The number of nitrogens with zero attached hydrogens (tertiary/aromatic N) is 2. The molecule has 2 rings (SSSR count). The van der Waals surface area contributed by atoms with Gasteiger partial charge in [0.05, 0.1) is 5.69 Å². The monoisotopic (exact) mass is 219 g/mol. The highest BCUT2D eigenvalue weighted by atomic mass is 19.1. The van der Waals surface area contributed by atoms with Crippen LogP contribution in [0.15, 0.2) is 35.1 Å². The van der Waals surface area contributed by atoms with Crippen LogP contribution < -0.4 is 11.3 Å². The summed E-state index contributed by atoms with van der Waals surface area (Å²) in [7, 11) is 1.48. The summed E-state index contributed by atoms with van der Waals surface area (Å²) in [6, 6.07) is 7.58. The van der Waals surface area contributed by atoms with E-state index in [4.69, 9.17) is 5.73 Å². The van der Waals surface area contributed by atoms with Crippen LogP contribution in [0.3, 0.4) is 0 Å². The fraction of sp³-hybridized carbons (Fsp3) is 0.0909. The highest BCUT2D eigenvalue weighted by molar-refractivity contribution is 5.62. The summed E-state index contributed by atoms with van der Waals surface area (Å²) in [6.45, 7) is 0. The van der Waals surface area contributed by atoms with Crippen LogP contribution >= 0.6 is 0 Å². The van der Waals surface area contributed by atoms with E-state index in [0.29, 0.717) is 11.3 Å². The van der Waals surface area contributed by atoms with Gasteiger partial charge in [-0.1, -0.05) is 12.1 Å². The van der Waals surface area contributed by atoms with E-state index in [1.807, 2.05) is 0 Å². The van der Waals surface area contributed by atoms with Gasteiger partial charge >= 0.3 is 0 Å². The van der Waals surface area contributed by atoms with E-state index in [1.54, 1.807) is 18.2 Å². The molecule has 2 aromatic rings. The van der Waals surface area contributed by atoms with E-state index < -0.39 is 5.82 Å². The Morgan fingerprint density at radius 1 is 1.38 bits per heavy atom. The molecule has 2 N–H and O–H groups in total. The van der Waals surface area contributed by atoms with Gasteiger partial charge in [-0.15, -0.1) is 0 Å². The van der Waals surface area contributed by atoms with Crippen LogP contribution in [0.2, 0.25) is 0 Å². The van der Waals surface area contributed by atoms with Crippen molar-refractivity contribution in [3.05, 3.63) is 46.5 Å². The van der Waals surface area contributed by atoms with Crippen LogP contribution in [0, 0.1) is 5.82 Å². The molecule has 0 atom stereocenters. The van der Waals surface area contributed by atoms with Gasteiger partial charge in [0.15, 0.2) is 0 Å². The molecule has 1 heterocycles. The quantitative estimate of drug-likeness (QED) is 0.783. The predicted octanol–water partition coefficient (Wildman–Crippen LogP) is 1.17. The van der Waals surface area contributed by atoms with Gasteiger partial charge in [0.1, 0.15) is 11.5 Å². The molecule has 0 aliphatic heterocycles. The molecule has 0 radical (unpaired) electrons. The predicted molar refractivity (Wildman–Crippen MR) is 59.3 cm³/mol. The fourth-order valence-corrected chi connectivity index (χ4v) is 1.43. The molecule has 0 aliphatic carbocycles. The lowest BCUT2D eigenvalue weighted by molar-refractivity contribution is 0.628. The SMILES string of the molecule is Cn1nc(-c2ccccc2F)cc(N)c1=O. The van der Waals surface area contributed by atoms with Crippen molar-refractivity contribution in [3.63, 3.8) is 0 Å². The number of hydrogen-bond acceptors (Lipinski definition) is 3. The maximum atomic E-state index is 13.5. The van der Waals surface area contributed by atoms with Gasteiger partial charge in [0.25, 0.3) is 5.56 Å². The Balaban J connectivity index is 2.67. The zero-order chi connectivity index (χ0) is 11.7. The maximum absolute atomic E-state index is 13.5. The Morgan fingerprint density at radius 2 is 2.06 bits per heavy atom. The highest BCUT2D eigenvalue weighted by Gasteiger charge is 2.08. The Bertz CT molecular complexity index is 566. The molecule has 0 amide bonds. The smallest absolute Gasteiger partial charge is 0.289 e. The lowest BCUT2D eigenvalue weighted by Gasteiger charge is -2.05. The number of aryl methyl sites for hydroxylation is 1. The first-order valence-corrected chi connectivity index (χ1v) is 4.68. The summed E-state index contributed by atoms with van der Waals surface area (Å²) in [6.07, 6.45) is 0. The molecule has 0 bridgehead atoms. The van der Waals surface area contributed by atoms with Crippen LogP contribution in [-0.4, -0.2) is 9.78 Å². The van der Waals surface area contributed by atoms with Crippen molar-refractivity contribution < 1.29 is 4.39 Å². The second-order valence-corrected chi connectivity index (χ2v) is 3.39. The van der Waals surface area contributed by atoms with Crippen molar-refractivity contribution in [2.45, 2.75) is 0 Å². The molecule has 16 heavy (non-hydrogen) atoms. The van der Waals surface area contributed by atoms with E-state index in [-0.39, 0.29) is 11.2 Å². The molecule has 5 heteroatoms. The second-order valence-electron chi connectivity index (χ2n) is 3.39. The van der Waals surface area contributed by atoms with Crippen LogP contribution in [-0.2, 0) is 7.05 Å². The Kier molecular flexibility index (Phi) is 2.44. The third-order valence-electron chi connectivity index (χ3n) is 2.24. The summed E-state index contributed by atoms with van der Waals surface area (Å²) >= 11 is 0. The molecule has 1 aromatic carbocycles. The summed E-state index contributed by atoms with van der Waals surface area (Å²) in [5, 5.41) is 3.95. The molecule has 82 valence electrons. The van der Waals surface area contributed by atoms with Crippen molar-refractivity contribution >= 4 is 5.69 Å². The minimum absolute atomic E-state index is 0.0516. The number of benzene rings is 1. The number of halogens is 1. The largest absolute Gasteiger partial charge is 0.394 e. The second kappa shape index (κ2) is 3.77. The molecule has 0 fully saturated rings. The molecule has 4 nitrogen and oxygen atoms in total. The van der Waals surface area contributed by atoms with E-state index in [0.717, 1.165) is 4.68 Å². The average Bonchev–Trinajstić information content (AvgIpc) is 2.26. The molecule has 0 saturated heterocycles. The van der Waals surface area contributed by atoms with Crippen LogP contribution in [0.1, 0.15) is 0 Å². The lowest BCUT2D eigenvalue weighted by Crippen LogP contribution is -2.22. The first kappa shape index (κ1) is 10.4. The molecular weight excluding hydrogens is 209 g/mol. The van der Waals surface area contributed by atoms with E-state index in [2.05, 4.69) is 5.10 Å². The van der Waals surface area contributed by atoms with Crippen LogP contribution in [0.5, 0.6) is 0 Å². The first-order valence-electron chi connectivity index (χ1n) is 4.68. The van der Waals surface area contributed by atoms with Gasteiger partial charge in [-0.3, -0.25) is 4.79 Å². The van der Waals surface area contributed by atoms with Gasteiger partial charge in [0.2, 0.25) is 0 Å². The van der Waals surface area contributed by atoms with Gasteiger partial charge in [-0.2, -0.15) is 5.10 Å². The number of rotatable bonds is 1. The zero-order valence-corrected chi connectivity index (χ0v) is 8.64. The molecule has 0 aliphatic rings. The van der Waals surface area contributed by atoms with E-state index in [9.17, 15) is 9.18 Å². The Labute approximate surface area is 91.1 Å². The van der Waals surface area contributed by atoms with E-state index >= 15 is 0 Å². The fourth-order valence-electron chi connectivity index (χ4n) is 1.43. The molecular formula is C11H10FN3O. The molecule has 1 aromatic heterocycles. The van der Waals surface area contributed by atoms with Crippen molar-refractivity contribution in [2.24, 2.45) is 7.05 Å². The average molecular weight is 219 g/mol. The van der Waals surface area contributed by atoms with Gasteiger partial charge < -0.3 is 5.73 Å². The summed E-state index contributed by atoms with van der Waals surface area (Å²) in [4.78, 5) is 11.3. The minimum Gasteiger partial charge on any atom is -0.394 e. The summed E-state index contributed by atoms with van der Waals surface area (Å²) in [5.41, 5.74) is 5.84.